The first kappa shape index (κ1) is 22.5. The molecule has 1 aromatic carbocycles. The normalized spacial score (nSPS) is 13.9. The Morgan fingerprint density at radius 1 is 1.06 bits per heavy atom. The second kappa shape index (κ2) is 9.85. The number of aromatic nitrogens is 3. The van der Waals surface area contributed by atoms with Crippen molar-refractivity contribution in [3.05, 3.63) is 82.0 Å². The van der Waals surface area contributed by atoms with Gasteiger partial charge in [-0.3, -0.25) is 14.4 Å². The number of amides is 2. The first-order valence-electron chi connectivity index (χ1n) is 11.4. The Balaban J connectivity index is 1.54. The Kier molecular flexibility index (Phi) is 6.72. The van der Waals surface area contributed by atoms with Crippen molar-refractivity contribution in [2.45, 2.75) is 58.2 Å². The van der Waals surface area contributed by atoms with Gasteiger partial charge in [0.15, 0.2) is 0 Å². The number of rotatable bonds is 7. The molecule has 1 saturated carbocycles. The summed E-state index contributed by atoms with van der Waals surface area (Å²) in [4.78, 5) is 38.7. The number of hydrogen-bond donors (Lipinski definition) is 2. The van der Waals surface area contributed by atoms with E-state index in [0.29, 0.717) is 0 Å². The zero-order valence-electron chi connectivity index (χ0n) is 19.0. The number of carbonyl (C=O) groups excluding carboxylic acids is 2. The van der Waals surface area contributed by atoms with Gasteiger partial charge in [-0.25, -0.2) is 4.68 Å². The molecule has 0 saturated heterocycles. The van der Waals surface area contributed by atoms with Gasteiger partial charge in [0, 0.05) is 43.4 Å². The molecule has 3 aromatic rings. The summed E-state index contributed by atoms with van der Waals surface area (Å²) < 4.78 is 3.62. The molecule has 8 heteroatoms. The third-order valence-electron chi connectivity index (χ3n) is 5.86. The summed E-state index contributed by atoms with van der Waals surface area (Å²) in [5, 5.41) is 9.79. The fraction of sp³-hybridized carbons (Fsp3) is 0.360. The highest BCUT2D eigenvalue weighted by Crippen LogP contribution is 2.29. The standard InChI is InChI=1S/C25H29N5O3/c1-17(2)28-25(33)22-16-29(19-6-3-4-7-19)15-21(23(22)31)24(32)26-14-18-8-10-20(11-9-18)30-13-5-12-27-30/h5,8-13,15-17,19H,3-4,6-7,14H2,1-2H3,(H,26,32)(H,28,33). The van der Waals surface area contributed by atoms with Crippen LogP contribution >= 0.6 is 0 Å². The largest absolute Gasteiger partial charge is 0.350 e. The summed E-state index contributed by atoms with van der Waals surface area (Å²) in [7, 11) is 0. The molecule has 4 rings (SSSR count). The number of nitrogens with zero attached hydrogens (tertiary/aromatic N) is 3. The van der Waals surface area contributed by atoms with E-state index in [1.165, 1.54) is 0 Å². The van der Waals surface area contributed by atoms with E-state index in [4.69, 9.17) is 0 Å². The van der Waals surface area contributed by atoms with Crippen LogP contribution in [0.25, 0.3) is 5.69 Å². The Bertz CT molecular complexity index is 1170. The van der Waals surface area contributed by atoms with E-state index in [1.807, 2.05) is 54.9 Å². The molecule has 1 aliphatic carbocycles. The molecule has 2 amide bonds. The first-order chi connectivity index (χ1) is 15.9. The zero-order chi connectivity index (χ0) is 23.4. The predicted octanol–water partition coefficient (Wildman–Crippen LogP) is 3.22. The molecule has 0 unspecified atom stereocenters. The number of benzene rings is 1. The van der Waals surface area contributed by atoms with Gasteiger partial charge in [-0.2, -0.15) is 5.10 Å². The molecule has 1 fully saturated rings. The van der Waals surface area contributed by atoms with E-state index in [9.17, 15) is 14.4 Å². The molecule has 2 aromatic heterocycles. The van der Waals surface area contributed by atoms with Crippen LogP contribution in [-0.4, -0.2) is 32.2 Å². The van der Waals surface area contributed by atoms with Gasteiger partial charge in [-0.05, 0) is 50.5 Å². The minimum Gasteiger partial charge on any atom is -0.350 e. The van der Waals surface area contributed by atoms with Crippen molar-refractivity contribution in [2.24, 2.45) is 0 Å². The molecule has 1 aliphatic rings. The van der Waals surface area contributed by atoms with Crippen LogP contribution in [0.3, 0.4) is 0 Å². The van der Waals surface area contributed by atoms with Gasteiger partial charge >= 0.3 is 0 Å². The SMILES string of the molecule is CC(C)NC(=O)c1cn(C2CCCC2)cc(C(=O)NCc2ccc(-n3cccn3)cc2)c1=O. The molecule has 8 nitrogen and oxygen atoms in total. The molecule has 2 N–H and O–H groups in total. The molecule has 33 heavy (non-hydrogen) atoms. The lowest BCUT2D eigenvalue weighted by Crippen LogP contribution is -2.37. The second-order valence-corrected chi connectivity index (χ2v) is 8.73. The summed E-state index contributed by atoms with van der Waals surface area (Å²) in [6, 6.07) is 9.57. The Morgan fingerprint density at radius 3 is 2.33 bits per heavy atom. The average Bonchev–Trinajstić information content (AvgIpc) is 3.52. The van der Waals surface area contributed by atoms with Gasteiger partial charge in [-0.1, -0.05) is 25.0 Å². The lowest BCUT2D eigenvalue weighted by molar-refractivity contribution is 0.0941. The van der Waals surface area contributed by atoms with Gasteiger partial charge in [-0.15, -0.1) is 0 Å². The molecular formula is C25H29N5O3. The zero-order valence-corrected chi connectivity index (χ0v) is 19.0. The van der Waals surface area contributed by atoms with Crippen molar-refractivity contribution in [3.8, 4) is 5.69 Å². The van der Waals surface area contributed by atoms with Crippen molar-refractivity contribution in [1.82, 2.24) is 25.0 Å². The molecule has 0 atom stereocenters. The maximum Gasteiger partial charge on any atom is 0.257 e. The smallest absolute Gasteiger partial charge is 0.257 e. The van der Waals surface area contributed by atoms with Crippen LogP contribution in [-0.2, 0) is 6.54 Å². The number of carbonyl (C=O) groups is 2. The lowest BCUT2D eigenvalue weighted by atomic mass is 10.1. The van der Waals surface area contributed by atoms with E-state index in [1.54, 1.807) is 23.3 Å². The highest BCUT2D eigenvalue weighted by molar-refractivity contribution is 5.99. The van der Waals surface area contributed by atoms with Crippen LogP contribution in [0, 0.1) is 0 Å². The minimum atomic E-state index is -0.547. The molecular weight excluding hydrogens is 418 g/mol. The van der Waals surface area contributed by atoms with Gasteiger partial charge in [0.1, 0.15) is 11.1 Å². The maximum atomic E-state index is 13.0. The van der Waals surface area contributed by atoms with E-state index >= 15 is 0 Å². The Labute approximate surface area is 192 Å². The van der Waals surface area contributed by atoms with Gasteiger partial charge < -0.3 is 15.2 Å². The van der Waals surface area contributed by atoms with E-state index in [-0.39, 0.29) is 29.8 Å². The molecule has 172 valence electrons. The Hall–Kier alpha value is -3.68. The number of nitrogens with one attached hydrogen (secondary N) is 2. The number of pyridine rings is 1. The van der Waals surface area contributed by atoms with Gasteiger partial charge in [0.2, 0.25) is 5.43 Å². The lowest BCUT2D eigenvalue weighted by Gasteiger charge is -2.18. The van der Waals surface area contributed by atoms with Crippen LogP contribution in [0.4, 0.5) is 0 Å². The summed E-state index contributed by atoms with van der Waals surface area (Å²) in [5.41, 5.74) is 1.26. The van der Waals surface area contributed by atoms with Crippen LogP contribution in [0.1, 0.15) is 71.9 Å². The van der Waals surface area contributed by atoms with Crippen LogP contribution in [0.15, 0.2) is 59.9 Å². The molecule has 0 bridgehead atoms. The summed E-state index contributed by atoms with van der Waals surface area (Å²) in [6.45, 7) is 3.94. The van der Waals surface area contributed by atoms with E-state index in [0.717, 1.165) is 36.9 Å². The topological polar surface area (TPSA) is 98.0 Å². The van der Waals surface area contributed by atoms with Gasteiger partial charge in [0.25, 0.3) is 11.8 Å². The molecule has 0 aliphatic heterocycles. The summed E-state index contributed by atoms with van der Waals surface area (Å²) >= 11 is 0. The quantitative estimate of drug-likeness (QED) is 0.581. The maximum absolute atomic E-state index is 13.0. The van der Waals surface area contributed by atoms with Gasteiger partial charge in [0.05, 0.1) is 5.69 Å². The van der Waals surface area contributed by atoms with E-state index in [2.05, 4.69) is 15.7 Å². The van der Waals surface area contributed by atoms with Crippen LogP contribution in [0.5, 0.6) is 0 Å². The molecule has 0 spiro atoms. The minimum absolute atomic E-state index is 0.00632. The van der Waals surface area contributed by atoms with Crippen molar-refractivity contribution < 1.29 is 9.59 Å². The third-order valence-corrected chi connectivity index (χ3v) is 5.86. The highest BCUT2D eigenvalue weighted by Gasteiger charge is 2.23. The fourth-order valence-electron chi connectivity index (χ4n) is 4.14. The van der Waals surface area contributed by atoms with Crippen LogP contribution < -0.4 is 16.1 Å². The third kappa shape index (κ3) is 5.22. The molecule has 0 radical (unpaired) electrons. The van der Waals surface area contributed by atoms with Crippen molar-refractivity contribution >= 4 is 11.8 Å². The van der Waals surface area contributed by atoms with Crippen LogP contribution in [0.2, 0.25) is 0 Å². The fourth-order valence-corrected chi connectivity index (χ4v) is 4.14. The van der Waals surface area contributed by atoms with Crippen molar-refractivity contribution in [1.29, 1.82) is 0 Å². The van der Waals surface area contributed by atoms with Crippen molar-refractivity contribution in [2.75, 3.05) is 0 Å². The van der Waals surface area contributed by atoms with Crippen molar-refractivity contribution in [3.63, 3.8) is 0 Å². The predicted molar refractivity (Wildman–Crippen MR) is 126 cm³/mol. The first-order valence-corrected chi connectivity index (χ1v) is 11.4. The summed E-state index contributed by atoms with van der Waals surface area (Å²) in [6.07, 6.45) is 10.9. The monoisotopic (exact) mass is 447 g/mol. The average molecular weight is 448 g/mol. The number of hydrogen-bond acceptors (Lipinski definition) is 4. The summed E-state index contributed by atoms with van der Waals surface area (Å²) in [5.74, 6) is -0.937. The van der Waals surface area contributed by atoms with E-state index < -0.39 is 17.2 Å². The Morgan fingerprint density at radius 2 is 1.73 bits per heavy atom. The highest BCUT2D eigenvalue weighted by atomic mass is 16.2. The molecule has 2 heterocycles. The second-order valence-electron chi connectivity index (χ2n) is 8.73.